The predicted molar refractivity (Wildman–Crippen MR) is 52.3 cm³/mol. The van der Waals surface area contributed by atoms with Crippen LogP contribution in [0.3, 0.4) is 0 Å². The van der Waals surface area contributed by atoms with Crippen LogP contribution in [0.25, 0.3) is 0 Å². The Morgan fingerprint density at radius 1 is 1.38 bits per heavy atom. The van der Waals surface area contributed by atoms with Gasteiger partial charge < -0.3 is 5.43 Å². The SMILES string of the molecule is N#CCCN/N=C/c1ccccc1. The van der Waals surface area contributed by atoms with Crippen molar-refractivity contribution in [2.45, 2.75) is 6.42 Å². The highest BCUT2D eigenvalue weighted by Gasteiger charge is 1.82. The van der Waals surface area contributed by atoms with Crippen LogP contribution in [0.2, 0.25) is 0 Å². The van der Waals surface area contributed by atoms with Gasteiger partial charge in [-0.3, -0.25) is 0 Å². The summed E-state index contributed by atoms with van der Waals surface area (Å²) in [5.41, 5.74) is 3.83. The number of rotatable bonds is 4. The van der Waals surface area contributed by atoms with Gasteiger partial charge in [0.25, 0.3) is 0 Å². The van der Waals surface area contributed by atoms with Gasteiger partial charge in [-0.2, -0.15) is 10.4 Å². The van der Waals surface area contributed by atoms with Crippen molar-refractivity contribution in [1.82, 2.24) is 5.43 Å². The third-order valence-electron chi connectivity index (χ3n) is 1.45. The molecule has 0 saturated carbocycles. The fourth-order valence-corrected chi connectivity index (χ4v) is 0.836. The van der Waals surface area contributed by atoms with E-state index in [0.29, 0.717) is 13.0 Å². The van der Waals surface area contributed by atoms with Gasteiger partial charge in [-0.15, -0.1) is 0 Å². The monoisotopic (exact) mass is 173 g/mol. The molecule has 0 bridgehead atoms. The lowest BCUT2D eigenvalue weighted by Gasteiger charge is -1.93. The van der Waals surface area contributed by atoms with Crippen molar-refractivity contribution in [1.29, 1.82) is 5.26 Å². The summed E-state index contributed by atoms with van der Waals surface area (Å²) in [6, 6.07) is 11.8. The second kappa shape index (κ2) is 5.78. The molecule has 3 heteroatoms. The first kappa shape index (κ1) is 9.27. The van der Waals surface area contributed by atoms with E-state index in [-0.39, 0.29) is 0 Å². The number of nitrogens with one attached hydrogen (secondary N) is 1. The van der Waals surface area contributed by atoms with E-state index in [0.717, 1.165) is 5.56 Å². The Labute approximate surface area is 77.7 Å². The minimum absolute atomic E-state index is 0.478. The maximum Gasteiger partial charge on any atom is 0.0640 e. The Morgan fingerprint density at radius 2 is 2.15 bits per heavy atom. The van der Waals surface area contributed by atoms with Crippen LogP contribution in [-0.4, -0.2) is 12.8 Å². The van der Waals surface area contributed by atoms with Crippen LogP contribution in [0.1, 0.15) is 12.0 Å². The molecular weight excluding hydrogens is 162 g/mol. The summed E-state index contributed by atoms with van der Waals surface area (Å²) >= 11 is 0. The van der Waals surface area contributed by atoms with Gasteiger partial charge in [0.2, 0.25) is 0 Å². The van der Waals surface area contributed by atoms with Crippen LogP contribution in [-0.2, 0) is 0 Å². The molecule has 0 amide bonds. The van der Waals surface area contributed by atoms with E-state index in [1.54, 1.807) is 6.21 Å². The van der Waals surface area contributed by atoms with Crippen molar-refractivity contribution < 1.29 is 0 Å². The van der Waals surface area contributed by atoms with E-state index in [2.05, 4.69) is 10.5 Å². The molecule has 1 aromatic carbocycles. The van der Waals surface area contributed by atoms with Crippen LogP contribution in [0.5, 0.6) is 0 Å². The first-order chi connectivity index (χ1) is 6.43. The summed E-state index contributed by atoms with van der Waals surface area (Å²) in [7, 11) is 0. The standard InChI is InChI=1S/C10H11N3/c11-7-4-8-12-13-9-10-5-2-1-3-6-10/h1-3,5-6,9,12H,4,8H2/b13-9+. The molecule has 0 aliphatic heterocycles. The average molecular weight is 173 g/mol. The number of nitrogens with zero attached hydrogens (tertiary/aromatic N) is 2. The van der Waals surface area contributed by atoms with Gasteiger partial charge in [-0.1, -0.05) is 30.3 Å². The van der Waals surface area contributed by atoms with Crippen molar-refractivity contribution in [3.8, 4) is 6.07 Å². The second-order valence-corrected chi connectivity index (χ2v) is 2.49. The van der Waals surface area contributed by atoms with Crippen molar-refractivity contribution in [3.63, 3.8) is 0 Å². The molecule has 0 atom stereocenters. The molecule has 13 heavy (non-hydrogen) atoms. The van der Waals surface area contributed by atoms with E-state index in [1.807, 2.05) is 36.4 Å². The number of nitriles is 1. The van der Waals surface area contributed by atoms with E-state index >= 15 is 0 Å². The molecular formula is C10H11N3. The normalized spacial score (nSPS) is 9.77. The molecule has 0 fully saturated rings. The van der Waals surface area contributed by atoms with Crippen LogP contribution in [0, 0.1) is 11.3 Å². The van der Waals surface area contributed by atoms with Gasteiger partial charge in [-0.05, 0) is 5.56 Å². The Hall–Kier alpha value is -1.82. The summed E-state index contributed by atoms with van der Waals surface area (Å²) in [5, 5.41) is 12.2. The fourth-order valence-electron chi connectivity index (χ4n) is 0.836. The van der Waals surface area contributed by atoms with Gasteiger partial charge in [0, 0.05) is 6.54 Å². The lowest BCUT2D eigenvalue weighted by atomic mass is 10.2. The maximum absolute atomic E-state index is 8.24. The number of benzene rings is 1. The first-order valence-electron chi connectivity index (χ1n) is 4.11. The van der Waals surface area contributed by atoms with Crippen molar-refractivity contribution in [3.05, 3.63) is 35.9 Å². The smallest absolute Gasteiger partial charge is 0.0640 e. The molecule has 0 spiro atoms. The van der Waals surface area contributed by atoms with Crippen molar-refractivity contribution in [2.24, 2.45) is 5.10 Å². The lowest BCUT2D eigenvalue weighted by Crippen LogP contribution is -2.06. The molecule has 66 valence electrons. The largest absolute Gasteiger partial charge is 0.309 e. The molecule has 0 radical (unpaired) electrons. The summed E-state index contributed by atoms with van der Waals surface area (Å²) in [4.78, 5) is 0. The number of hydrogen-bond donors (Lipinski definition) is 1. The number of hydrogen-bond acceptors (Lipinski definition) is 3. The topological polar surface area (TPSA) is 48.2 Å². The van der Waals surface area contributed by atoms with Gasteiger partial charge >= 0.3 is 0 Å². The third kappa shape index (κ3) is 3.92. The van der Waals surface area contributed by atoms with Gasteiger partial charge in [-0.25, -0.2) is 0 Å². The lowest BCUT2D eigenvalue weighted by molar-refractivity contribution is 0.750. The fraction of sp³-hybridized carbons (Fsp3) is 0.200. The zero-order chi connectivity index (χ0) is 9.36. The molecule has 0 aliphatic carbocycles. The highest BCUT2D eigenvalue weighted by Crippen LogP contribution is 1.92. The molecule has 0 aromatic heterocycles. The highest BCUT2D eigenvalue weighted by atomic mass is 15.3. The van der Waals surface area contributed by atoms with Crippen molar-refractivity contribution >= 4 is 6.21 Å². The number of hydrazone groups is 1. The summed E-state index contributed by atoms with van der Waals surface area (Å²) in [6.45, 7) is 0.597. The third-order valence-corrected chi connectivity index (χ3v) is 1.45. The molecule has 1 N–H and O–H groups in total. The van der Waals surface area contributed by atoms with E-state index in [9.17, 15) is 0 Å². The van der Waals surface area contributed by atoms with Gasteiger partial charge in [0.1, 0.15) is 0 Å². The molecule has 1 rings (SSSR count). The Morgan fingerprint density at radius 3 is 2.85 bits per heavy atom. The molecule has 0 heterocycles. The van der Waals surface area contributed by atoms with E-state index in [4.69, 9.17) is 5.26 Å². The van der Waals surface area contributed by atoms with Crippen molar-refractivity contribution in [2.75, 3.05) is 6.54 Å². The highest BCUT2D eigenvalue weighted by molar-refractivity contribution is 5.79. The summed E-state index contributed by atoms with van der Waals surface area (Å²) < 4.78 is 0. The molecule has 0 unspecified atom stereocenters. The molecule has 1 aromatic rings. The molecule has 0 saturated heterocycles. The Bertz CT molecular complexity index is 298. The molecule has 0 aliphatic rings. The van der Waals surface area contributed by atoms with Crippen LogP contribution < -0.4 is 5.43 Å². The summed E-state index contributed by atoms with van der Waals surface area (Å²) in [5.74, 6) is 0. The minimum atomic E-state index is 0.478. The van der Waals surface area contributed by atoms with E-state index < -0.39 is 0 Å². The average Bonchev–Trinajstić information content (AvgIpc) is 2.19. The van der Waals surface area contributed by atoms with Gasteiger partial charge in [0.05, 0.1) is 18.7 Å². The zero-order valence-corrected chi connectivity index (χ0v) is 7.27. The Balaban J connectivity index is 2.29. The minimum Gasteiger partial charge on any atom is -0.309 e. The molecule has 3 nitrogen and oxygen atoms in total. The van der Waals surface area contributed by atoms with E-state index in [1.165, 1.54) is 0 Å². The maximum atomic E-state index is 8.24. The Kier molecular flexibility index (Phi) is 4.12. The summed E-state index contributed by atoms with van der Waals surface area (Å²) in [6.07, 6.45) is 2.21. The first-order valence-corrected chi connectivity index (χ1v) is 4.11. The quantitative estimate of drug-likeness (QED) is 0.426. The predicted octanol–water partition coefficient (Wildman–Crippen LogP) is 1.52. The zero-order valence-electron chi connectivity index (χ0n) is 7.27. The van der Waals surface area contributed by atoms with Crippen LogP contribution in [0.15, 0.2) is 35.4 Å². The van der Waals surface area contributed by atoms with Gasteiger partial charge in [0.15, 0.2) is 0 Å². The van der Waals surface area contributed by atoms with Crippen LogP contribution in [0.4, 0.5) is 0 Å². The van der Waals surface area contributed by atoms with Crippen LogP contribution >= 0.6 is 0 Å². The second-order valence-electron chi connectivity index (χ2n) is 2.49.